The zero-order valence-corrected chi connectivity index (χ0v) is 27.6. The summed E-state index contributed by atoms with van der Waals surface area (Å²) in [5, 5.41) is 32.9. The van der Waals surface area contributed by atoms with E-state index in [4.69, 9.17) is 23.7 Å². The SMILES string of the molecule is O=C1C=CC(O)(CC(=O)OC[C@H]2O[C@@H](OC(=O)CC3(O)C=CC(=O)C=C3)[C@H](OC(=O)Cc3ccccc3)[C@@H](OC(=O)Cc3ccccc3)[C@@H]2O)C=C1. The van der Waals surface area contributed by atoms with Crippen LogP contribution in [0.1, 0.15) is 24.0 Å². The van der Waals surface area contributed by atoms with Crippen molar-refractivity contribution in [2.75, 3.05) is 6.61 Å². The van der Waals surface area contributed by atoms with Crippen LogP contribution in [0.4, 0.5) is 0 Å². The van der Waals surface area contributed by atoms with E-state index in [1.807, 2.05) is 0 Å². The molecular formula is C38H36O14. The van der Waals surface area contributed by atoms with Gasteiger partial charge in [0.25, 0.3) is 0 Å². The number of allylic oxidation sites excluding steroid dienone is 4. The molecule has 0 bridgehead atoms. The van der Waals surface area contributed by atoms with Crippen LogP contribution in [0.25, 0.3) is 0 Å². The number of ether oxygens (including phenoxy) is 5. The molecule has 0 unspecified atom stereocenters. The number of carbonyl (C=O) groups excluding carboxylic acids is 6. The minimum absolute atomic E-state index is 0.258. The van der Waals surface area contributed by atoms with Crippen molar-refractivity contribution in [1.82, 2.24) is 0 Å². The maximum Gasteiger partial charge on any atom is 0.311 e. The van der Waals surface area contributed by atoms with E-state index >= 15 is 0 Å². The van der Waals surface area contributed by atoms with Crippen molar-refractivity contribution in [2.45, 2.75) is 67.6 Å². The van der Waals surface area contributed by atoms with Gasteiger partial charge in [-0.15, -0.1) is 0 Å². The molecule has 0 radical (unpaired) electrons. The highest BCUT2D eigenvalue weighted by Crippen LogP contribution is 2.30. The average Bonchev–Trinajstić information content (AvgIpc) is 3.10. The van der Waals surface area contributed by atoms with E-state index in [1.165, 1.54) is 0 Å². The predicted octanol–water partition coefficient (Wildman–Crippen LogP) is 1.10. The summed E-state index contributed by atoms with van der Waals surface area (Å²) in [7, 11) is 0. The summed E-state index contributed by atoms with van der Waals surface area (Å²) in [6, 6.07) is 17.0. The zero-order chi connectivity index (χ0) is 37.3. The fraction of sp³-hybridized carbons (Fsp3) is 0.316. The molecule has 1 fully saturated rings. The molecule has 14 nitrogen and oxygen atoms in total. The Balaban J connectivity index is 1.39. The van der Waals surface area contributed by atoms with Gasteiger partial charge in [0.2, 0.25) is 12.4 Å². The van der Waals surface area contributed by atoms with Gasteiger partial charge in [-0.1, -0.05) is 60.7 Å². The van der Waals surface area contributed by atoms with Crippen LogP contribution in [0.15, 0.2) is 109 Å². The van der Waals surface area contributed by atoms with E-state index in [0.717, 1.165) is 48.6 Å². The maximum absolute atomic E-state index is 13.2. The Labute approximate surface area is 297 Å². The van der Waals surface area contributed by atoms with Crippen LogP contribution >= 0.6 is 0 Å². The molecule has 52 heavy (non-hydrogen) atoms. The molecule has 0 saturated carbocycles. The van der Waals surface area contributed by atoms with Crippen LogP contribution in [0.3, 0.4) is 0 Å². The lowest BCUT2D eigenvalue weighted by atomic mass is 9.94. The first-order chi connectivity index (χ1) is 24.8. The summed E-state index contributed by atoms with van der Waals surface area (Å²) in [5.41, 5.74) is -2.62. The van der Waals surface area contributed by atoms with Gasteiger partial charge >= 0.3 is 23.9 Å². The van der Waals surface area contributed by atoms with Gasteiger partial charge in [0.1, 0.15) is 30.0 Å². The summed E-state index contributed by atoms with van der Waals surface area (Å²) in [6.45, 7) is -0.717. The van der Waals surface area contributed by atoms with Crippen LogP contribution in [-0.2, 0) is 65.3 Å². The van der Waals surface area contributed by atoms with E-state index < -0.39 is 91.0 Å². The number of carbonyl (C=O) groups is 6. The molecule has 2 aromatic carbocycles. The highest BCUT2D eigenvalue weighted by molar-refractivity contribution is 6.01. The summed E-state index contributed by atoms with van der Waals surface area (Å²) in [6.07, 6.45) is -1.89. The summed E-state index contributed by atoms with van der Waals surface area (Å²) in [5.74, 6) is -4.60. The monoisotopic (exact) mass is 716 g/mol. The third-order valence-corrected chi connectivity index (χ3v) is 8.19. The van der Waals surface area contributed by atoms with Crippen LogP contribution in [0.5, 0.6) is 0 Å². The molecule has 0 amide bonds. The van der Waals surface area contributed by atoms with Crippen molar-refractivity contribution >= 4 is 35.4 Å². The predicted molar refractivity (Wildman–Crippen MR) is 177 cm³/mol. The van der Waals surface area contributed by atoms with Gasteiger partial charge in [-0.2, -0.15) is 0 Å². The molecule has 1 heterocycles. The van der Waals surface area contributed by atoms with E-state index in [1.54, 1.807) is 60.7 Å². The Bertz CT molecular complexity index is 1740. The van der Waals surface area contributed by atoms with Crippen molar-refractivity contribution in [3.05, 3.63) is 120 Å². The van der Waals surface area contributed by atoms with Crippen molar-refractivity contribution in [3.63, 3.8) is 0 Å². The minimum Gasteiger partial charge on any atom is -0.463 e. The van der Waals surface area contributed by atoms with Crippen molar-refractivity contribution < 1.29 is 67.8 Å². The maximum atomic E-state index is 13.2. The number of hydrogen-bond acceptors (Lipinski definition) is 14. The van der Waals surface area contributed by atoms with Gasteiger partial charge in [0.15, 0.2) is 17.7 Å². The van der Waals surface area contributed by atoms with Gasteiger partial charge < -0.3 is 39.0 Å². The summed E-state index contributed by atoms with van der Waals surface area (Å²) >= 11 is 0. The summed E-state index contributed by atoms with van der Waals surface area (Å²) < 4.78 is 28.0. The second kappa shape index (κ2) is 16.7. The molecule has 2 aliphatic carbocycles. The lowest BCUT2D eigenvalue weighted by molar-refractivity contribution is -0.299. The Hall–Kier alpha value is -5.54. The first-order valence-corrected chi connectivity index (χ1v) is 16.2. The van der Waals surface area contributed by atoms with Crippen LogP contribution in [0.2, 0.25) is 0 Å². The quantitative estimate of drug-likeness (QED) is 0.196. The number of aliphatic hydroxyl groups excluding tert-OH is 1. The molecule has 2 aromatic rings. The van der Waals surface area contributed by atoms with Gasteiger partial charge in [-0.05, 0) is 59.7 Å². The van der Waals surface area contributed by atoms with Crippen LogP contribution < -0.4 is 0 Å². The zero-order valence-electron chi connectivity index (χ0n) is 27.6. The van der Waals surface area contributed by atoms with E-state index in [9.17, 15) is 44.1 Å². The first kappa shape index (κ1) is 37.7. The van der Waals surface area contributed by atoms with Gasteiger partial charge in [0.05, 0.1) is 25.7 Å². The fourth-order valence-corrected chi connectivity index (χ4v) is 5.52. The molecule has 0 spiro atoms. The number of esters is 4. The van der Waals surface area contributed by atoms with E-state index in [-0.39, 0.29) is 18.6 Å². The third-order valence-electron chi connectivity index (χ3n) is 8.19. The Morgan fingerprint density at radius 2 is 1.06 bits per heavy atom. The number of rotatable bonds is 13. The molecule has 3 aliphatic rings. The Morgan fingerprint density at radius 1 is 0.615 bits per heavy atom. The van der Waals surface area contributed by atoms with Gasteiger partial charge in [0, 0.05) is 0 Å². The molecule has 5 atom stereocenters. The molecule has 272 valence electrons. The number of ketones is 2. The fourth-order valence-electron chi connectivity index (χ4n) is 5.52. The Kier molecular flexibility index (Phi) is 12.1. The lowest BCUT2D eigenvalue weighted by Gasteiger charge is -2.42. The van der Waals surface area contributed by atoms with E-state index in [0.29, 0.717) is 11.1 Å². The molecule has 1 aliphatic heterocycles. The number of aliphatic hydroxyl groups is 3. The van der Waals surface area contributed by atoms with Crippen LogP contribution in [-0.4, -0.2) is 99.3 Å². The highest BCUT2D eigenvalue weighted by Gasteiger charge is 2.52. The van der Waals surface area contributed by atoms with E-state index in [2.05, 4.69) is 0 Å². The molecular weight excluding hydrogens is 680 g/mol. The van der Waals surface area contributed by atoms with Crippen LogP contribution in [0, 0.1) is 0 Å². The third kappa shape index (κ3) is 10.5. The standard InChI is InChI=1S/C38H36O14/c39-26-11-15-37(46,16-12-26)21-31(43)48-23-28-33(45)34(50-29(41)19-24-7-3-1-4-8-24)35(51-30(42)20-25-9-5-2-6-10-25)36(49-28)52-32(44)22-38(47)17-13-27(40)14-18-38/h1-18,28,33-36,45-47H,19-23H2/t28-,33-,34+,35-,36+/m1/s1. The van der Waals surface area contributed by atoms with Gasteiger partial charge in [-0.25, -0.2) is 0 Å². The average molecular weight is 717 g/mol. The summed E-state index contributed by atoms with van der Waals surface area (Å²) in [4.78, 5) is 75.5. The van der Waals surface area contributed by atoms with Crippen molar-refractivity contribution in [1.29, 1.82) is 0 Å². The second-order valence-corrected chi connectivity index (χ2v) is 12.4. The first-order valence-electron chi connectivity index (χ1n) is 16.2. The molecule has 5 rings (SSSR count). The number of hydrogen-bond donors (Lipinski definition) is 3. The molecule has 0 aromatic heterocycles. The minimum atomic E-state index is -1.91. The molecule has 3 N–H and O–H groups in total. The smallest absolute Gasteiger partial charge is 0.311 e. The van der Waals surface area contributed by atoms with Crippen molar-refractivity contribution in [2.24, 2.45) is 0 Å². The normalized spacial score (nSPS) is 24.2. The number of benzene rings is 2. The Morgan fingerprint density at radius 3 is 1.54 bits per heavy atom. The second-order valence-electron chi connectivity index (χ2n) is 12.4. The van der Waals surface area contributed by atoms with Crippen molar-refractivity contribution in [3.8, 4) is 0 Å². The molecule has 1 saturated heterocycles. The largest absolute Gasteiger partial charge is 0.463 e. The van der Waals surface area contributed by atoms with Gasteiger partial charge in [-0.3, -0.25) is 28.8 Å². The molecule has 14 heteroatoms. The lowest BCUT2D eigenvalue weighted by Crippen LogP contribution is -2.62. The topological polar surface area (TPSA) is 209 Å². The highest BCUT2D eigenvalue weighted by atomic mass is 16.7.